The number of halogens is 1. The van der Waals surface area contributed by atoms with Gasteiger partial charge in [-0.05, 0) is 46.8 Å². The van der Waals surface area contributed by atoms with Crippen molar-refractivity contribution in [1.82, 2.24) is 0 Å². The second-order valence-electron chi connectivity index (χ2n) is 3.01. The smallest absolute Gasteiger partial charge is 0.169 e. The van der Waals surface area contributed by atoms with Gasteiger partial charge in [-0.25, -0.2) is 0 Å². The molecule has 2 rings (SSSR count). The van der Waals surface area contributed by atoms with Gasteiger partial charge < -0.3 is 10.2 Å². The van der Waals surface area contributed by atoms with Crippen molar-refractivity contribution in [3.63, 3.8) is 0 Å². The Bertz CT molecular complexity index is 254. The summed E-state index contributed by atoms with van der Waals surface area (Å²) in [5, 5.41) is 0. The van der Waals surface area contributed by atoms with E-state index in [0.717, 1.165) is 10.4 Å². The quantitative estimate of drug-likeness (QED) is 0.824. The third-order valence-electron chi connectivity index (χ3n) is 2.05. The second-order valence-corrected chi connectivity index (χ2v) is 3.79. The zero-order valence-electron chi connectivity index (χ0n) is 6.09. The molecule has 1 atom stereocenters. The highest BCUT2D eigenvalue weighted by Gasteiger charge is 2.31. The fraction of sp³-hybridized carbons (Fsp3) is 0.500. The van der Waals surface area contributed by atoms with Crippen molar-refractivity contribution in [2.24, 2.45) is 11.7 Å². The Morgan fingerprint density at radius 1 is 1.55 bits per heavy atom. The van der Waals surface area contributed by atoms with E-state index in [2.05, 4.69) is 15.9 Å². The number of furan rings is 1. The molecule has 0 amide bonds. The Labute approximate surface area is 73.9 Å². The van der Waals surface area contributed by atoms with Crippen molar-refractivity contribution in [2.75, 3.05) is 0 Å². The van der Waals surface area contributed by atoms with Crippen molar-refractivity contribution in [3.05, 3.63) is 22.6 Å². The standard InChI is InChI=1S/C8H10BrNO/c9-7-4-3-6(11-7)8(10)5-1-2-5/h3-5,8H,1-2,10H2/t8-/m1/s1. The van der Waals surface area contributed by atoms with Crippen LogP contribution in [-0.4, -0.2) is 0 Å². The van der Waals surface area contributed by atoms with Gasteiger partial charge in [-0.2, -0.15) is 0 Å². The average Bonchev–Trinajstić information content (AvgIpc) is 2.74. The summed E-state index contributed by atoms with van der Waals surface area (Å²) in [6.07, 6.45) is 2.50. The molecule has 0 unspecified atom stereocenters. The summed E-state index contributed by atoms with van der Waals surface area (Å²) in [6.45, 7) is 0. The first kappa shape index (κ1) is 7.37. The Hall–Kier alpha value is -0.280. The maximum absolute atomic E-state index is 5.90. The highest BCUT2D eigenvalue weighted by molar-refractivity contribution is 9.10. The molecule has 1 aromatic rings. The summed E-state index contributed by atoms with van der Waals surface area (Å²) in [5.74, 6) is 1.56. The molecule has 3 heteroatoms. The molecular formula is C8H10BrNO. The van der Waals surface area contributed by atoms with Gasteiger partial charge in [0.15, 0.2) is 4.67 Å². The lowest BCUT2D eigenvalue weighted by Crippen LogP contribution is -2.10. The third-order valence-corrected chi connectivity index (χ3v) is 2.48. The van der Waals surface area contributed by atoms with Crippen LogP contribution in [0.2, 0.25) is 0 Å². The molecular weight excluding hydrogens is 206 g/mol. The van der Waals surface area contributed by atoms with Gasteiger partial charge >= 0.3 is 0 Å². The van der Waals surface area contributed by atoms with E-state index in [1.165, 1.54) is 12.8 Å². The summed E-state index contributed by atoms with van der Waals surface area (Å²) in [5.41, 5.74) is 5.90. The number of hydrogen-bond acceptors (Lipinski definition) is 2. The molecule has 2 nitrogen and oxygen atoms in total. The minimum Gasteiger partial charge on any atom is -0.453 e. The van der Waals surface area contributed by atoms with Gasteiger partial charge in [0.1, 0.15) is 5.76 Å². The van der Waals surface area contributed by atoms with Gasteiger partial charge in [0.2, 0.25) is 0 Å². The first-order valence-electron chi connectivity index (χ1n) is 3.78. The minimum atomic E-state index is 0.112. The molecule has 1 heterocycles. The average molecular weight is 216 g/mol. The Balaban J connectivity index is 2.14. The van der Waals surface area contributed by atoms with Crippen LogP contribution in [0, 0.1) is 5.92 Å². The van der Waals surface area contributed by atoms with E-state index in [4.69, 9.17) is 10.2 Å². The monoisotopic (exact) mass is 215 g/mol. The molecule has 0 bridgehead atoms. The van der Waals surface area contributed by atoms with E-state index < -0.39 is 0 Å². The summed E-state index contributed by atoms with van der Waals surface area (Å²) < 4.78 is 6.11. The maximum atomic E-state index is 5.90. The largest absolute Gasteiger partial charge is 0.453 e. The lowest BCUT2D eigenvalue weighted by Gasteiger charge is -2.04. The zero-order chi connectivity index (χ0) is 7.84. The first-order valence-corrected chi connectivity index (χ1v) is 4.57. The predicted molar refractivity (Wildman–Crippen MR) is 46.1 cm³/mol. The summed E-state index contributed by atoms with van der Waals surface area (Å²) in [7, 11) is 0. The van der Waals surface area contributed by atoms with Crippen molar-refractivity contribution >= 4 is 15.9 Å². The molecule has 11 heavy (non-hydrogen) atoms. The summed E-state index contributed by atoms with van der Waals surface area (Å²) in [4.78, 5) is 0. The molecule has 0 spiro atoms. The third kappa shape index (κ3) is 1.49. The normalized spacial score (nSPS) is 20.2. The van der Waals surface area contributed by atoms with Crippen LogP contribution in [0.1, 0.15) is 24.6 Å². The van der Waals surface area contributed by atoms with E-state index in [1.54, 1.807) is 0 Å². The Morgan fingerprint density at radius 2 is 2.27 bits per heavy atom. The van der Waals surface area contributed by atoms with Gasteiger partial charge in [0.25, 0.3) is 0 Å². The molecule has 1 fully saturated rings. The van der Waals surface area contributed by atoms with Crippen LogP contribution in [0.25, 0.3) is 0 Å². The number of rotatable bonds is 2. The van der Waals surface area contributed by atoms with Crippen molar-refractivity contribution in [3.8, 4) is 0 Å². The molecule has 1 aliphatic carbocycles. The maximum Gasteiger partial charge on any atom is 0.169 e. The van der Waals surface area contributed by atoms with Crippen LogP contribution in [0.15, 0.2) is 21.2 Å². The Kier molecular flexibility index (Phi) is 1.77. The molecule has 1 aliphatic rings. The van der Waals surface area contributed by atoms with Gasteiger partial charge in [-0.3, -0.25) is 0 Å². The first-order chi connectivity index (χ1) is 5.27. The van der Waals surface area contributed by atoms with E-state index in [0.29, 0.717) is 5.92 Å². The molecule has 1 saturated carbocycles. The van der Waals surface area contributed by atoms with Crippen LogP contribution in [0.5, 0.6) is 0 Å². The number of nitrogens with two attached hydrogens (primary N) is 1. The van der Waals surface area contributed by atoms with E-state index in [1.807, 2.05) is 12.1 Å². The van der Waals surface area contributed by atoms with Crippen molar-refractivity contribution in [1.29, 1.82) is 0 Å². The molecule has 0 saturated heterocycles. The second kappa shape index (κ2) is 2.64. The molecule has 1 aromatic heterocycles. The van der Waals surface area contributed by atoms with Crippen molar-refractivity contribution < 1.29 is 4.42 Å². The van der Waals surface area contributed by atoms with Crippen molar-refractivity contribution in [2.45, 2.75) is 18.9 Å². The van der Waals surface area contributed by atoms with Crippen LogP contribution < -0.4 is 5.73 Å². The van der Waals surface area contributed by atoms with Crippen LogP contribution in [-0.2, 0) is 0 Å². The molecule has 0 aliphatic heterocycles. The van der Waals surface area contributed by atoms with Gasteiger partial charge in [0.05, 0.1) is 6.04 Å². The van der Waals surface area contributed by atoms with Crippen LogP contribution >= 0.6 is 15.9 Å². The lowest BCUT2D eigenvalue weighted by atomic mass is 10.1. The van der Waals surface area contributed by atoms with Crippen LogP contribution in [0.3, 0.4) is 0 Å². The fourth-order valence-corrected chi connectivity index (χ4v) is 1.51. The van der Waals surface area contributed by atoms with Gasteiger partial charge in [-0.1, -0.05) is 0 Å². The summed E-state index contributed by atoms with van der Waals surface area (Å²) >= 11 is 3.25. The number of hydrogen-bond donors (Lipinski definition) is 1. The highest BCUT2D eigenvalue weighted by Crippen LogP contribution is 2.40. The fourth-order valence-electron chi connectivity index (χ4n) is 1.20. The van der Waals surface area contributed by atoms with E-state index >= 15 is 0 Å². The van der Waals surface area contributed by atoms with Gasteiger partial charge in [-0.15, -0.1) is 0 Å². The minimum absolute atomic E-state index is 0.112. The molecule has 2 N–H and O–H groups in total. The molecule has 60 valence electrons. The highest BCUT2D eigenvalue weighted by atomic mass is 79.9. The van der Waals surface area contributed by atoms with E-state index in [9.17, 15) is 0 Å². The molecule has 0 radical (unpaired) electrons. The Morgan fingerprint density at radius 3 is 2.73 bits per heavy atom. The topological polar surface area (TPSA) is 39.2 Å². The summed E-state index contributed by atoms with van der Waals surface area (Å²) in [6, 6.07) is 3.94. The van der Waals surface area contributed by atoms with Crippen LogP contribution in [0.4, 0.5) is 0 Å². The molecule has 0 aromatic carbocycles. The van der Waals surface area contributed by atoms with E-state index in [-0.39, 0.29) is 6.04 Å². The SMILES string of the molecule is N[C@@H](c1ccc(Br)o1)C1CC1. The predicted octanol–water partition coefficient (Wildman–Crippen LogP) is 2.45. The zero-order valence-corrected chi connectivity index (χ0v) is 7.67. The lowest BCUT2D eigenvalue weighted by molar-refractivity contribution is 0.428. The van der Waals surface area contributed by atoms with Gasteiger partial charge in [0, 0.05) is 0 Å².